The summed E-state index contributed by atoms with van der Waals surface area (Å²) in [5.74, 6) is 0.993. The molecule has 0 aromatic carbocycles. The van der Waals surface area contributed by atoms with E-state index in [0.29, 0.717) is 0 Å². The van der Waals surface area contributed by atoms with Gasteiger partial charge in [-0.05, 0) is 30.5 Å². The average Bonchev–Trinajstić information content (AvgIpc) is 2.49. The Hall–Kier alpha value is -1.97. The zero-order valence-corrected chi connectivity index (χ0v) is 12.3. The molecule has 0 atom stereocenters. The molecule has 0 amide bonds. The Balaban J connectivity index is 2.26. The summed E-state index contributed by atoms with van der Waals surface area (Å²) in [4.78, 5) is 13.0. The summed E-state index contributed by atoms with van der Waals surface area (Å²) in [5, 5.41) is 3.41. The first-order valence-electron chi connectivity index (χ1n) is 7.30. The molecule has 2 rings (SSSR count). The third-order valence-corrected chi connectivity index (χ3v) is 3.20. The van der Waals surface area contributed by atoms with E-state index in [1.54, 1.807) is 6.33 Å². The Morgan fingerprint density at radius 3 is 2.55 bits per heavy atom. The van der Waals surface area contributed by atoms with Crippen LogP contribution in [0, 0.1) is 0 Å². The first kappa shape index (κ1) is 14.4. The van der Waals surface area contributed by atoms with Gasteiger partial charge in [-0.25, -0.2) is 9.97 Å². The standard InChI is InChI=1S/C16H22N4/c1-3-5-14-15(11-13-6-9-17-10-7-13)19-12-20-16(14)18-8-4-2/h6-7,9-10,12H,3-5,8,11H2,1-2H3,(H,18,19,20). The van der Waals surface area contributed by atoms with Crippen molar-refractivity contribution in [2.24, 2.45) is 0 Å². The maximum absolute atomic E-state index is 4.49. The van der Waals surface area contributed by atoms with E-state index >= 15 is 0 Å². The first-order valence-corrected chi connectivity index (χ1v) is 7.30. The van der Waals surface area contributed by atoms with Crippen molar-refractivity contribution in [3.63, 3.8) is 0 Å². The quantitative estimate of drug-likeness (QED) is 0.839. The monoisotopic (exact) mass is 270 g/mol. The third-order valence-electron chi connectivity index (χ3n) is 3.20. The molecule has 0 aliphatic rings. The fourth-order valence-corrected chi connectivity index (χ4v) is 2.20. The normalized spacial score (nSPS) is 10.5. The summed E-state index contributed by atoms with van der Waals surface area (Å²) < 4.78 is 0. The van der Waals surface area contributed by atoms with Gasteiger partial charge in [0, 0.05) is 30.9 Å². The third kappa shape index (κ3) is 3.76. The maximum atomic E-state index is 4.49. The number of pyridine rings is 1. The van der Waals surface area contributed by atoms with Gasteiger partial charge in [-0.15, -0.1) is 0 Å². The van der Waals surface area contributed by atoms with Crippen molar-refractivity contribution in [3.8, 4) is 0 Å². The lowest BCUT2D eigenvalue weighted by atomic mass is 10.0. The van der Waals surface area contributed by atoms with Crippen molar-refractivity contribution in [1.29, 1.82) is 0 Å². The maximum Gasteiger partial charge on any atom is 0.132 e. The van der Waals surface area contributed by atoms with E-state index in [2.05, 4.69) is 34.1 Å². The van der Waals surface area contributed by atoms with Gasteiger partial charge in [0.15, 0.2) is 0 Å². The molecule has 106 valence electrons. The topological polar surface area (TPSA) is 50.7 Å². The Morgan fingerprint density at radius 1 is 1.05 bits per heavy atom. The lowest BCUT2D eigenvalue weighted by Gasteiger charge is -2.13. The van der Waals surface area contributed by atoms with Gasteiger partial charge < -0.3 is 5.32 Å². The molecule has 1 N–H and O–H groups in total. The van der Waals surface area contributed by atoms with Crippen molar-refractivity contribution in [2.45, 2.75) is 39.5 Å². The molecule has 0 aliphatic heterocycles. The van der Waals surface area contributed by atoms with Crippen LogP contribution in [0.4, 0.5) is 5.82 Å². The average molecular weight is 270 g/mol. The second-order valence-corrected chi connectivity index (χ2v) is 4.86. The summed E-state index contributed by atoms with van der Waals surface area (Å²) in [6, 6.07) is 4.08. The van der Waals surface area contributed by atoms with Crippen molar-refractivity contribution >= 4 is 5.82 Å². The molecule has 0 saturated carbocycles. The second kappa shape index (κ2) is 7.58. The number of hydrogen-bond acceptors (Lipinski definition) is 4. The van der Waals surface area contributed by atoms with E-state index in [1.807, 2.05) is 24.5 Å². The van der Waals surface area contributed by atoms with E-state index in [0.717, 1.165) is 43.7 Å². The Morgan fingerprint density at radius 2 is 1.85 bits per heavy atom. The van der Waals surface area contributed by atoms with Gasteiger partial charge in [0.25, 0.3) is 0 Å². The number of nitrogens with zero attached hydrogens (tertiary/aromatic N) is 3. The highest BCUT2D eigenvalue weighted by molar-refractivity contribution is 5.47. The van der Waals surface area contributed by atoms with Gasteiger partial charge in [-0.3, -0.25) is 4.98 Å². The van der Waals surface area contributed by atoms with Gasteiger partial charge in [0.1, 0.15) is 12.1 Å². The van der Waals surface area contributed by atoms with Crippen LogP contribution in [0.25, 0.3) is 0 Å². The molecule has 0 fully saturated rings. The zero-order valence-electron chi connectivity index (χ0n) is 12.3. The summed E-state index contributed by atoms with van der Waals surface area (Å²) in [6.45, 7) is 5.29. The van der Waals surface area contributed by atoms with Crippen LogP contribution < -0.4 is 5.32 Å². The molecule has 2 aromatic rings. The predicted molar refractivity (Wildman–Crippen MR) is 81.9 cm³/mol. The van der Waals surface area contributed by atoms with Gasteiger partial charge in [-0.2, -0.15) is 0 Å². The van der Waals surface area contributed by atoms with Gasteiger partial charge in [0.2, 0.25) is 0 Å². The van der Waals surface area contributed by atoms with E-state index in [4.69, 9.17) is 0 Å². The van der Waals surface area contributed by atoms with Crippen LogP contribution in [-0.2, 0) is 12.8 Å². The first-order chi connectivity index (χ1) is 9.85. The molecule has 0 aliphatic carbocycles. The van der Waals surface area contributed by atoms with Crippen molar-refractivity contribution in [3.05, 3.63) is 47.7 Å². The Bertz CT molecular complexity index is 525. The number of rotatable bonds is 7. The fourth-order valence-electron chi connectivity index (χ4n) is 2.20. The molecule has 0 saturated heterocycles. The largest absolute Gasteiger partial charge is 0.370 e. The van der Waals surface area contributed by atoms with E-state index in [1.165, 1.54) is 11.1 Å². The van der Waals surface area contributed by atoms with Crippen molar-refractivity contribution < 1.29 is 0 Å². The highest BCUT2D eigenvalue weighted by Crippen LogP contribution is 2.20. The second-order valence-electron chi connectivity index (χ2n) is 4.86. The smallest absolute Gasteiger partial charge is 0.132 e. The molecule has 0 radical (unpaired) electrons. The van der Waals surface area contributed by atoms with E-state index in [9.17, 15) is 0 Å². The molecule has 4 heteroatoms. The lowest BCUT2D eigenvalue weighted by molar-refractivity contribution is 0.858. The zero-order chi connectivity index (χ0) is 14.2. The number of anilines is 1. The number of aromatic nitrogens is 3. The molecular weight excluding hydrogens is 248 g/mol. The minimum Gasteiger partial charge on any atom is -0.370 e. The lowest BCUT2D eigenvalue weighted by Crippen LogP contribution is -2.09. The summed E-state index contributed by atoms with van der Waals surface area (Å²) in [6.07, 6.45) is 9.34. The molecular formula is C16H22N4. The highest BCUT2D eigenvalue weighted by Gasteiger charge is 2.10. The van der Waals surface area contributed by atoms with Crippen LogP contribution in [0.2, 0.25) is 0 Å². The van der Waals surface area contributed by atoms with Gasteiger partial charge in [0.05, 0.1) is 5.69 Å². The van der Waals surface area contributed by atoms with E-state index in [-0.39, 0.29) is 0 Å². The number of nitrogens with one attached hydrogen (secondary N) is 1. The summed E-state index contributed by atoms with van der Waals surface area (Å²) >= 11 is 0. The summed E-state index contributed by atoms with van der Waals surface area (Å²) in [5.41, 5.74) is 3.60. The van der Waals surface area contributed by atoms with Gasteiger partial charge >= 0.3 is 0 Å². The van der Waals surface area contributed by atoms with Crippen LogP contribution in [0.5, 0.6) is 0 Å². The molecule has 0 spiro atoms. The van der Waals surface area contributed by atoms with E-state index < -0.39 is 0 Å². The fraction of sp³-hybridized carbons (Fsp3) is 0.438. The number of hydrogen-bond donors (Lipinski definition) is 1. The predicted octanol–water partition coefficient (Wildman–Crippen LogP) is 3.24. The summed E-state index contributed by atoms with van der Waals surface area (Å²) in [7, 11) is 0. The molecule has 0 unspecified atom stereocenters. The highest BCUT2D eigenvalue weighted by atomic mass is 15.0. The molecule has 2 heterocycles. The van der Waals surface area contributed by atoms with Crippen LogP contribution in [-0.4, -0.2) is 21.5 Å². The Kier molecular flexibility index (Phi) is 5.47. The van der Waals surface area contributed by atoms with Crippen LogP contribution in [0.15, 0.2) is 30.9 Å². The molecule has 0 bridgehead atoms. The Labute approximate surface area is 120 Å². The minimum atomic E-state index is 0.835. The van der Waals surface area contributed by atoms with Crippen LogP contribution in [0.1, 0.15) is 43.5 Å². The van der Waals surface area contributed by atoms with Crippen molar-refractivity contribution in [1.82, 2.24) is 15.0 Å². The molecule has 20 heavy (non-hydrogen) atoms. The van der Waals surface area contributed by atoms with Gasteiger partial charge in [-0.1, -0.05) is 20.3 Å². The van der Waals surface area contributed by atoms with Crippen LogP contribution in [0.3, 0.4) is 0 Å². The minimum absolute atomic E-state index is 0.835. The molecule has 4 nitrogen and oxygen atoms in total. The van der Waals surface area contributed by atoms with Crippen LogP contribution >= 0.6 is 0 Å². The SMILES string of the molecule is CCCNc1ncnc(Cc2ccncc2)c1CCC. The molecule has 2 aromatic heterocycles. The van der Waals surface area contributed by atoms with Crippen molar-refractivity contribution in [2.75, 3.05) is 11.9 Å².